The van der Waals surface area contributed by atoms with Crippen molar-refractivity contribution in [2.45, 2.75) is 51.3 Å². The number of fused-ring (bicyclic) bond motifs is 1. The Kier molecular flexibility index (Phi) is 9.21. The maximum absolute atomic E-state index is 13.8. The molecule has 1 fully saturated rings. The van der Waals surface area contributed by atoms with Crippen LogP contribution in [0.15, 0.2) is 58.1 Å². The van der Waals surface area contributed by atoms with Crippen molar-refractivity contribution in [3.05, 3.63) is 85.5 Å². The largest absolute Gasteiger partial charge is 0.490 e. The number of ether oxygens (including phenoxy) is 3. The lowest BCUT2D eigenvalue weighted by Gasteiger charge is -2.22. The summed E-state index contributed by atoms with van der Waals surface area (Å²) in [5.41, 5.74) is 1.09. The summed E-state index contributed by atoms with van der Waals surface area (Å²) in [6.07, 6.45) is 5.60. The lowest BCUT2D eigenvalue weighted by Crippen LogP contribution is -2.40. The highest BCUT2D eigenvalue weighted by atomic mass is 35.5. The molecule has 5 rings (SSSR count). The quantitative estimate of drug-likeness (QED) is 0.182. The van der Waals surface area contributed by atoms with Gasteiger partial charge in [-0.15, -0.1) is 0 Å². The average Bonchev–Trinajstić information content (AvgIpc) is 3.35. The van der Waals surface area contributed by atoms with Crippen molar-refractivity contribution in [1.82, 2.24) is 18.7 Å². The van der Waals surface area contributed by atoms with Gasteiger partial charge in [-0.05, 0) is 61.9 Å². The van der Waals surface area contributed by atoms with E-state index in [9.17, 15) is 14.4 Å². The molecule has 2 aromatic heterocycles. The number of carbonyl (C=O) groups excluding carboxylic acids is 1. The van der Waals surface area contributed by atoms with Crippen LogP contribution in [-0.4, -0.2) is 50.9 Å². The van der Waals surface area contributed by atoms with Crippen LogP contribution in [0.2, 0.25) is 5.02 Å². The molecule has 0 bridgehead atoms. The number of imidazole rings is 1. The first-order chi connectivity index (χ1) is 19.9. The van der Waals surface area contributed by atoms with Crippen LogP contribution in [0.25, 0.3) is 11.2 Å². The van der Waals surface area contributed by atoms with Crippen molar-refractivity contribution in [2.75, 3.05) is 19.8 Å². The molecule has 41 heavy (non-hydrogen) atoms. The van der Waals surface area contributed by atoms with Crippen molar-refractivity contribution in [3.63, 3.8) is 0 Å². The Bertz CT molecular complexity index is 1620. The van der Waals surface area contributed by atoms with Crippen LogP contribution in [0, 0.1) is 0 Å². The van der Waals surface area contributed by atoms with Crippen LogP contribution < -0.4 is 20.7 Å². The summed E-state index contributed by atoms with van der Waals surface area (Å²) in [4.78, 5) is 42.6. The molecular formula is C30H33ClN4O6. The normalized spacial score (nSPS) is 15.2. The highest BCUT2D eigenvalue weighted by Crippen LogP contribution is 2.22. The van der Waals surface area contributed by atoms with Crippen LogP contribution in [0.3, 0.4) is 0 Å². The number of aldehydes is 1. The summed E-state index contributed by atoms with van der Waals surface area (Å²) in [7, 11) is 1.61. The molecule has 2 aromatic carbocycles. The number of rotatable bonds is 12. The number of aromatic nitrogens is 4. The Hall–Kier alpha value is -3.89. The molecule has 1 saturated heterocycles. The van der Waals surface area contributed by atoms with Crippen LogP contribution in [0.5, 0.6) is 11.8 Å². The van der Waals surface area contributed by atoms with Gasteiger partial charge in [-0.2, -0.15) is 4.98 Å². The predicted octanol–water partition coefficient (Wildman–Crippen LogP) is 4.22. The number of halogens is 1. The Morgan fingerprint density at radius 2 is 1.88 bits per heavy atom. The molecule has 11 heteroatoms. The monoisotopic (exact) mass is 580 g/mol. The minimum Gasteiger partial charge on any atom is -0.490 e. The number of carbonyl (C=O) groups is 1. The van der Waals surface area contributed by atoms with Crippen molar-refractivity contribution in [2.24, 2.45) is 7.05 Å². The van der Waals surface area contributed by atoms with Crippen molar-refractivity contribution in [1.29, 1.82) is 0 Å². The van der Waals surface area contributed by atoms with Crippen LogP contribution in [-0.2, 0) is 24.9 Å². The van der Waals surface area contributed by atoms with E-state index in [0.29, 0.717) is 22.8 Å². The van der Waals surface area contributed by atoms with Gasteiger partial charge in [-0.3, -0.25) is 23.3 Å². The van der Waals surface area contributed by atoms with Gasteiger partial charge in [-0.1, -0.05) is 35.9 Å². The second-order valence-electron chi connectivity index (χ2n) is 10.1. The molecule has 3 heterocycles. The molecule has 1 aliphatic heterocycles. The van der Waals surface area contributed by atoms with E-state index >= 15 is 0 Å². The molecule has 1 atom stereocenters. The maximum Gasteiger partial charge on any atom is 0.332 e. The van der Waals surface area contributed by atoms with Gasteiger partial charge in [0.2, 0.25) is 0 Å². The summed E-state index contributed by atoms with van der Waals surface area (Å²) in [6.45, 7) is 1.64. The zero-order valence-electron chi connectivity index (χ0n) is 23.0. The molecule has 0 saturated carbocycles. The third-order valence-corrected chi connectivity index (χ3v) is 7.46. The zero-order chi connectivity index (χ0) is 28.8. The molecular weight excluding hydrogens is 548 g/mol. The van der Waals surface area contributed by atoms with Gasteiger partial charge in [0.25, 0.3) is 11.6 Å². The first-order valence-corrected chi connectivity index (χ1v) is 14.2. The Morgan fingerprint density at radius 3 is 2.63 bits per heavy atom. The molecule has 1 aliphatic rings. The summed E-state index contributed by atoms with van der Waals surface area (Å²) in [5.74, 6) is 0.539. The van der Waals surface area contributed by atoms with E-state index in [1.54, 1.807) is 48.0 Å². The van der Waals surface area contributed by atoms with E-state index in [1.807, 2.05) is 12.1 Å². The summed E-state index contributed by atoms with van der Waals surface area (Å²) in [6, 6.07) is 14.3. The van der Waals surface area contributed by atoms with E-state index in [4.69, 9.17) is 25.8 Å². The van der Waals surface area contributed by atoms with Crippen LogP contribution in [0.1, 0.15) is 48.0 Å². The smallest absolute Gasteiger partial charge is 0.332 e. The first-order valence-electron chi connectivity index (χ1n) is 13.8. The summed E-state index contributed by atoms with van der Waals surface area (Å²) >= 11 is 6.09. The minimum atomic E-state index is -0.423. The molecule has 0 aliphatic carbocycles. The van der Waals surface area contributed by atoms with Crippen LogP contribution >= 0.6 is 11.6 Å². The lowest BCUT2D eigenvalue weighted by atomic mass is 10.0. The topological polar surface area (TPSA) is 107 Å². The lowest BCUT2D eigenvalue weighted by molar-refractivity contribution is 0.00943. The molecule has 0 amide bonds. The van der Waals surface area contributed by atoms with Gasteiger partial charge in [0.1, 0.15) is 25.2 Å². The Labute approximate surface area is 242 Å². The van der Waals surface area contributed by atoms with Crippen molar-refractivity contribution >= 4 is 29.1 Å². The minimum absolute atomic E-state index is 0.124. The maximum atomic E-state index is 13.8. The second kappa shape index (κ2) is 13.2. The van der Waals surface area contributed by atoms with E-state index in [0.717, 1.165) is 44.1 Å². The summed E-state index contributed by atoms with van der Waals surface area (Å²) < 4.78 is 21.9. The molecule has 1 unspecified atom stereocenters. The first kappa shape index (κ1) is 28.6. The molecule has 4 aromatic rings. The van der Waals surface area contributed by atoms with Gasteiger partial charge in [0.15, 0.2) is 11.2 Å². The van der Waals surface area contributed by atoms with E-state index in [2.05, 4.69) is 4.98 Å². The average molecular weight is 581 g/mol. The number of benzene rings is 2. The fourth-order valence-electron chi connectivity index (χ4n) is 5.06. The van der Waals surface area contributed by atoms with Gasteiger partial charge < -0.3 is 14.2 Å². The molecule has 0 N–H and O–H groups in total. The SMILES string of the molecule is Cn1c(=O)n(CCCC2CCCCO2)c(=O)c2c1nc(OCCOc1cccc(C=O)c1)n2Cc1ccc(Cl)cc1. The number of hydrogen-bond donors (Lipinski definition) is 0. The molecule has 10 nitrogen and oxygen atoms in total. The van der Waals surface area contributed by atoms with Gasteiger partial charge in [-0.25, -0.2) is 4.79 Å². The van der Waals surface area contributed by atoms with E-state index < -0.39 is 11.2 Å². The molecule has 216 valence electrons. The molecule has 0 radical (unpaired) electrons. The van der Waals surface area contributed by atoms with Gasteiger partial charge in [0, 0.05) is 30.8 Å². The highest BCUT2D eigenvalue weighted by Gasteiger charge is 2.22. The third kappa shape index (κ3) is 6.71. The van der Waals surface area contributed by atoms with Gasteiger partial charge in [0.05, 0.1) is 12.6 Å². The Balaban J connectivity index is 1.42. The second-order valence-corrected chi connectivity index (χ2v) is 10.5. The zero-order valence-corrected chi connectivity index (χ0v) is 23.7. The fraction of sp³-hybridized carbons (Fsp3) is 0.400. The predicted molar refractivity (Wildman–Crippen MR) is 155 cm³/mol. The number of hydrogen-bond acceptors (Lipinski definition) is 7. The standard InChI is InChI=1S/C30H33ClN4O6/c1-33-27-26(28(37)34(30(33)38)14-5-9-24-7-2-3-15-39-24)35(19-21-10-12-23(31)13-11-21)29(32-27)41-17-16-40-25-8-4-6-22(18-25)20-36/h4,6,8,10-13,18,20,24H,2-3,5,7,9,14-17,19H2,1H3. The highest BCUT2D eigenvalue weighted by molar-refractivity contribution is 6.30. The van der Waals surface area contributed by atoms with Crippen LogP contribution in [0.4, 0.5) is 0 Å². The number of nitrogens with zero attached hydrogens (tertiary/aromatic N) is 4. The van der Waals surface area contributed by atoms with Crippen molar-refractivity contribution < 1.29 is 19.0 Å². The van der Waals surface area contributed by atoms with E-state index in [-0.39, 0.29) is 49.6 Å². The van der Waals surface area contributed by atoms with Gasteiger partial charge >= 0.3 is 5.69 Å². The third-order valence-electron chi connectivity index (χ3n) is 7.21. The number of aryl methyl sites for hydroxylation is 1. The Morgan fingerprint density at radius 1 is 1.07 bits per heavy atom. The fourth-order valence-corrected chi connectivity index (χ4v) is 5.19. The van der Waals surface area contributed by atoms with E-state index in [1.165, 1.54) is 9.13 Å². The van der Waals surface area contributed by atoms with Crippen molar-refractivity contribution in [3.8, 4) is 11.8 Å². The molecule has 0 spiro atoms. The summed E-state index contributed by atoms with van der Waals surface area (Å²) in [5, 5.41) is 0.600.